The molecule has 1 aromatic rings. The summed E-state index contributed by atoms with van der Waals surface area (Å²) in [5, 5.41) is 28.9. The zero-order valence-corrected chi connectivity index (χ0v) is 14.3. The molecular formula is C15H17BrO8. The number of aliphatic hydroxyl groups is 3. The third-order valence-corrected chi connectivity index (χ3v) is 4.36. The van der Waals surface area contributed by atoms with E-state index in [1.165, 1.54) is 19.1 Å². The minimum Gasteiger partial charge on any atom is -0.431 e. The molecule has 1 aromatic carbocycles. The summed E-state index contributed by atoms with van der Waals surface area (Å²) >= 11 is 3.10. The molecule has 0 amide bonds. The molecule has 0 radical (unpaired) electrons. The lowest BCUT2D eigenvalue weighted by Gasteiger charge is -2.39. The molecule has 0 spiro atoms. The monoisotopic (exact) mass is 404 g/mol. The Balaban J connectivity index is 2.16. The third kappa shape index (κ3) is 4.11. The third-order valence-electron chi connectivity index (χ3n) is 3.39. The molecule has 0 aromatic heterocycles. The Morgan fingerprint density at radius 2 is 1.92 bits per heavy atom. The van der Waals surface area contributed by atoms with Gasteiger partial charge in [0, 0.05) is 6.92 Å². The molecule has 5 atom stereocenters. The van der Waals surface area contributed by atoms with E-state index in [0.29, 0.717) is 0 Å². The highest BCUT2D eigenvalue weighted by molar-refractivity contribution is 9.09. The summed E-state index contributed by atoms with van der Waals surface area (Å²) in [6, 6.07) is 5.98. The van der Waals surface area contributed by atoms with Gasteiger partial charge in [-0.05, 0) is 12.1 Å². The number of hydrogen-bond acceptors (Lipinski definition) is 8. The highest BCUT2D eigenvalue weighted by atomic mass is 79.9. The first-order chi connectivity index (χ1) is 11.3. The molecule has 2 rings (SSSR count). The van der Waals surface area contributed by atoms with E-state index in [4.69, 9.17) is 19.3 Å². The number of alkyl halides is 1. The number of benzene rings is 1. The van der Waals surface area contributed by atoms with Crippen LogP contribution in [0.1, 0.15) is 17.3 Å². The van der Waals surface area contributed by atoms with Crippen molar-refractivity contribution in [1.82, 2.24) is 0 Å². The lowest BCUT2D eigenvalue weighted by Crippen LogP contribution is -2.57. The van der Waals surface area contributed by atoms with E-state index in [-0.39, 0.29) is 11.3 Å². The first-order valence-electron chi connectivity index (χ1n) is 7.10. The maximum absolute atomic E-state index is 12.3. The number of carbonyl (C=O) groups excluding carboxylic acids is 2. The fraction of sp³-hybridized carbons (Fsp3) is 0.467. The van der Waals surface area contributed by atoms with E-state index in [1.807, 2.05) is 0 Å². The zero-order valence-electron chi connectivity index (χ0n) is 12.7. The predicted octanol–water partition coefficient (Wildman–Crippen LogP) is -0.0288. The van der Waals surface area contributed by atoms with Gasteiger partial charge in [-0.25, -0.2) is 4.79 Å². The predicted molar refractivity (Wildman–Crippen MR) is 83.6 cm³/mol. The van der Waals surface area contributed by atoms with Crippen molar-refractivity contribution in [1.29, 1.82) is 0 Å². The normalized spacial score (nSPS) is 29.8. The summed E-state index contributed by atoms with van der Waals surface area (Å²) in [5.41, 5.74) is -0.00263. The average molecular weight is 405 g/mol. The number of carbonyl (C=O) groups is 2. The summed E-state index contributed by atoms with van der Waals surface area (Å²) in [6.45, 7) is 0.639. The van der Waals surface area contributed by atoms with Crippen LogP contribution in [0.25, 0.3) is 0 Å². The van der Waals surface area contributed by atoms with Crippen molar-refractivity contribution in [2.24, 2.45) is 0 Å². The van der Waals surface area contributed by atoms with Crippen molar-refractivity contribution in [3.63, 3.8) is 0 Å². The van der Waals surface area contributed by atoms with Crippen molar-refractivity contribution < 1.29 is 39.1 Å². The topological polar surface area (TPSA) is 123 Å². The average Bonchev–Trinajstić information content (AvgIpc) is 2.55. The molecule has 8 nitrogen and oxygen atoms in total. The first-order valence-corrected chi connectivity index (χ1v) is 8.01. The largest absolute Gasteiger partial charge is 0.431 e. The van der Waals surface area contributed by atoms with Crippen LogP contribution in [0.3, 0.4) is 0 Å². The molecule has 1 aliphatic rings. The zero-order chi connectivity index (χ0) is 17.9. The van der Waals surface area contributed by atoms with Gasteiger partial charge in [-0.15, -0.1) is 0 Å². The maximum Gasteiger partial charge on any atom is 0.344 e. The Labute approximate surface area is 146 Å². The molecular weight excluding hydrogens is 388 g/mol. The summed E-state index contributed by atoms with van der Waals surface area (Å²) < 4.78 is 15.4. The van der Waals surface area contributed by atoms with E-state index >= 15 is 0 Å². The van der Waals surface area contributed by atoms with Crippen LogP contribution in [0.4, 0.5) is 0 Å². The SMILES string of the molecule is CC(=O)Oc1ccccc1C(=O)O[C@@H]1O[C@H](CO)[C@@H](O)[C@H](O)[C@H]1Br. The van der Waals surface area contributed by atoms with Crippen LogP contribution in [0.15, 0.2) is 24.3 Å². The summed E-state index contributed by atoms with van der Waals surface area (Å²) in [5.74, 6) is -1.42. The van der Waals surface area contributed by atoms with Gasteiger partial charge in [-0.1, -0.05) is 28.1 Å². The Morgan fingerprint density at radius 1 is 1.25 bits per heavy atom. The number of para-hydroxylation sites is 1. The molecule has 0 saturated carbocycles. The van der Waals surface area contributed by atoms with Crippen molar-refractivity contribution in [2.45, 2.75) is 36.4 Å². The lowest BCUT2D eigenvalue weighted by atomic mass is 10.0. The van der Waals surface area contributed by atoms with E-state index < -0.39 is 48.0 Å². The molecule has 24 heavy (non-hydrogen) atoms. The number of halogens is 1. The summed E-state index contributed by atoms with van der Waals surface area (Å²) in [4.78, 5) is 22.5. The van der Waals surface area contributed by atoms with Crippen LogP contribution >= 0.6 is 15.9 Å². The molecule has 132 valence electrons. The molecule has 1 saturated heterocycles. The molecule has 0 unspecified atom stereocenters. The Kier molecular flexibility index (Phi) is 6.30. The molecule has 0 bridgehead atoms. The smallest absolute Gasteiger partial charge is 0.344 e. The molecule has 1 heterocycles. The van der Waals surface area contributed by atoms with E-state index in [1.54, 1.807) is 12.1 Å². The Hall–Kier alpha value is -1.52. The van der Waals surface area contributed by atoms with Gasteiger partial charge in [0.25, 0.3) is 0 Å². The van der Waals surface area contributed by atoms with Gasteiger partial charge in [-0.2, -0.15) is 0 Å². The number of aliphatic hydroxyl groups excluding tert-OH is 3. The minimum atomic E-state index is -1.33. The Morgan fingerprint density at radius 3 is 2.54 bits per heavy atom. The fourth-order valence-corrected chi connectivity index (χ4v) is 2.73. The van der Waals surface area contributed by atoms with Gasteiger partial charge in [0.05, 0.1) is 6.61 Å². The molecule has 9 heteroatoms. The maximum atomic E-state index is 12.3. The van der Waals surface area contributed by atoms with Crippen LogP contribution < -0.4 is 4.74 Å². The number of hydrogen-bond donors (Lipinski definition) is 3. The van der Waals surface area contributed by atoms with Crippen LogP contribution in [0.5, 0.6) is 5.75 Å². The minimum absolute atomic E-state index is 0.00263. The number of esters is 2. The van der Waals surface area contributed by atoms with Crippen molar-refractivity contribution >= 4 is 27.9 Å². The molecule has 0 aliphatic carbocycles. The van der Waals surface area contributed by atoms with E-state index in [0.717, 1.165) is 0 Å². The molecule has 3 N–H and O–H groups in total. The lowest BCUT2D eigenvalue weighted by molar-refractivity contribution is -0.233. The van der Waals surface area contributed by atoms with Gasteiger partial charge >= 0.3 is 11.9 Å². The molecule has 1 aliphatic heterocycles. The second-order valence-corrected chi connectivity index (χ2v) is 6.20. The van der Waals surface area contributed by atoms with Crippen LogP contribution in [0, 0.1) is 0 Å². The van der Waals surface area contributed by atoms with Gasteiger partial charge in [0.2, 0.25) is 6.29 Å². The van der Waals surface area contributed by atoms with Gasteiger partial charge in [0.15, 0.2) is 0 Å². The van der Waals surface area contributed by atoms with Crippen molar-refractivity contribution in [2.75, 3.05) is 6.61 Å². The van der Waals surface area contributed by atoms with Crippen molar-refractivity contribution in [3.8, 4) is 5.75 Å². The quantitative estimate of drug-likeness (QED) is 0.363. The standard InChI is InChI=1S/C15H17BrO8/c1-7(18)22-9-5-3-2-4-8(9)14(21)24-15-11(16)13(20)12(19)10(6-17)23-15/h2-5,10-13,15,17,19-20H,6H2,1H3/t10-,11-,12-,13-,15+/m1/s1. The van der Waals surface area contributed by atoms with Crippen LogP contribution in [-0.4, -0.2) is 63.3 Å². The summed E-state index contributed by atoms with van der Waals surface area (Å²) in [6.07, 6.45) is -4.99. The highest BCUT2D eigenvalue weighted by Crippen LogP contribution is 2.29. The molecule has 1 fully saturated rings. The van der Waals surface area contributed by atoms with Crippen LogP contribution in [-0.2, 0) is 14.3 Å². The second-order valence-electron chi connectivity index (χ2n) is 5.15. The van der Waals surface area contributed by atoms with Crippen LogP contribution in [0.2, 0.25) is 0 Å². The van der Waals surface area contributed by atoms with Gasteiger partial charge in [-0.3, -0.25) is 4.79 Å². The summed E-state index contributed by atoms with van der Waals surface area (Å²) in [7, 11) is 0. The van der Waals surface area contributed by atoms with Gasteiger partial charge < -0.3 is 29.5 Å². The van der Waals surface area contributed by atoms with E-state index in [2.05, 4.69) is 15.9 Å². The van der Waals surface area contributed by atoms with Crippen molar-refractivity contribution in [3.05, 3.63) is 29.8 Å². The second kappa shape index (κ2) is 8.04. The van der Waals surface area contributed by atoms with E-state index in [9.17, 15) is 19.8 Å². The first kappa shape index (κ1) is 18.8. The number of rotatable bonds is 4. The fourth-order valence-electron chi connectivity index (χ4n) is 2.19. The Bertz CT molecular complexity index is 605. The van der Waals surface area contributed by atoms with Gasteiger partial charge in [0.1, 0.15) is 34.5 Å². The number of ether oxygens (including phenoxy) is 3. The highest BCUT2D eigenvalue weighted by Gasteiger charge is 2.45.